The molecule has 1 N–H and O–H groups in total. The van der Waals surface area contributed by atoms with Crippen LogP contribution >= 0.6 is 35.0 Å². The Labute approximate surface area is 166 Å². The van der Waals surface area contributed by atoms with Gasteiger partial charge >= 0.3 is 0 Å². The van der Waals surface area contributed by atoms with E-state index in [-0.39, 0.29) is 12.5 Å². The minimum atomic E-state index is -0.267. The topological polar surface area (TPSA) is 38.3 Å². The maximum atomic E-state index is 12.3. The minimum absolute atomic E-state index is 0.147. The Morgan fingerprint density at radius 2 is 1.69 bits per heavy atom. The molecular formula is C20H15Cl2NO2S. The van der Waals surface area contributed by atoms with Gasteiger partial charge in [0.05, 0.1) is 10.7 Å². The van der Waals surface area contributed by atoms with E-state index in [0.29, 0.717) is 15.8 Å². The molecule has 0 saturated carbocycles. The molecule has 0 saturated heterocycles. The van der Waals surface area contributed by atoms with Crippen molar-refractivity contribution in [2.75, 3.05) is 11.9 Å². The largest absolute Gasteiger partial charge is 0.482 e. The Morgan fingerprint density at radius 3 is 2.46 bits per heavy atom. The second kappa shape index (κ2) is 8.99. The molecule has 26 heavy (non-hydrogen) atoms. The van der Waals surface area contributed by atoms with Gasteiger partial charge in [-0.1, -0.05) is 65.3 Å². The van der Waals surface area contributed by atoms with E-state index in [1.165, 1.54) is 0 Å². The summed E-state index contributed by atoms with van der Waals surface area (Å²) in [6.45, 7) is -0.147. The molecular weight excluding hydrogens is 389 g/mol. The van der Waals surface area contributed by atoms with Crippen molar-refractivity contribution in [1.29, 1.82) is 0 Å². The molecule has 3 nitrogen and oxygen atoms in total. The number of carbonyl (C=O) groups is 1. The number of halogens is 2. The van der Waals surface area contributed by atoms with E-state index in [0.717, 1.165) is 15.5 Å². The highest BCUT2D eigenvalue weighted by Gasteiger charge is 2.10. The number of rotatable bonds is 6. The smallest absolute Gasteiger partial charge is 0.262 e. The number of para-hydroxylation sites is 1. The zero-order chi connectivity index (χ0) is 18.4. The number of anilines is 1. The molecule has 0 aromatic heterocycles. The zero-order valence-electron chi connectivity index (χ0n) is 13.6. The highest BCUT2D eigenvalue weighted by molar-refractivity contribution is 7.99. The second-order valence-electron chi connectivity index (χ2n) is 5.32. The number of amides is 1. The predicted molar refractivity (Wildman–Crippen MR) is 108 cm³/mol. The maximum Gasteiger partial charge on any atom is 0.262 e. The fourth-order valence-corrected chi connectivity index (χ4v) is 3.58. The number of nitrogens with one attached hydrogen (secondary N) is 1. The molecule has 1 amide bonds. The summed E-state index contributed by atoms with van der Waals surface area (Å²) in [6, 6.07) is 22.5. The predicted octanol–water partition coefficient (Wildman–Crippen LogP) is 6.16. The van der Waals surface area contributed by atoms with Crippen LogP contribution in [-0.2, 0) is 4.79 Å². The number of benzene rings is 3. The van der Waals surface area contributed by atoms with Crippen molar-refractivity contribution in [3.05, 3.63) is 82.8 Å². The molecule has 0 unspecified atom stereocenters. The highest BCUT2D eigenvalue weighted by atomic mass is 35.5. The summed E-state index contributed by atoms with van der Waals surface area (Å²) < 4.78 is 5.47. The third-order valence-corrected chi connectivity index (χ3v) is 5.00. The number of carbonyl (C=O) groups excluding carboxylic acids is 1. The first-order valence-corrected chi connectivity index (χ1v) is 9.39. The molecule has 6 heteroatoms. The van der Waals surface area contributed by atoms with Gasteiger partial charge in [0.2, 0.25) is 0 Å². The Morgan fingerprint density at radius 1 is 0.962 bits per heavy atom. The minimum Gasteiger partial charge on any atom is -0.482 e. The lowest BCUT2D eigenvalue weighted by Gasteiger charge is -2.12. The summed E-state index contributed by atoms with van der Waals surface area (Å²) in [5.74, 6) is 0.148. The SMILES string of the molecule is O=C(COc1ccc(Cl)cc1Cl)Nc1ccccc1Sc1ccccc1. The Hall–Kier alpha value is -2.14. The molecule has 0 radical (unpaired) electrons. The van der Waals surface area contributed by atoms with Crippen LogP contribution in [0.15, 0.2) is 82.6 Å². The highest BCUT2D eigenvalue weighted by Crippen LogP contribution is 2.33. The fraction of sp³-hybridized carbons (Fsp3) is 0.0500. The van der Waals surface area contributed by atoms with Gasteiger partial charge in [0, 0.05) is 14.8 Å². The molecule has 0 fully saturated rings. The molecule has 0 bridgehead atoms. The van der Waals surface area contributed by atoms with E-state index >= 15 is 0 Å². The van der Waals surface area contributed by atoms with Gasteiger partial charge in [0.1, 0.15) is 5.75 Å². The first-order chi connectivity index (χ1) is 12.6. The number of ether oxygens (including phenoxy) is 1. The molecule has 3 aromatic rings. The molecule has 0 aliphatic rings. The van der Waals surface area contributed by atoms with E-state index < -0.39 is 0 Å². The van der Waals surface area contributed by atoms with Gasteiger partial charge in [0.25, 0.3) is 5.91 Å². The molecule has 0 atom stereocenters. The molecule has 0 spiro atoms. The van der Waals surface area contributed by atoms with E-state index in [1.807, 2.05) is 54.6 Å². The van der Waals surface area contributed by atoms with Crippen LogP contribution in [0.4, 0.5) is 5.69 Å². The average Bonchev–Trinajstić information content (AvgIpc) is 2.63. The van der Waals surface area contributed by atoms with E-state index in [2.05, 4.69) is 5.32 Å². The molecule has 3 aromatic carbocycles. The standard InChI is InChI=1S/C20H15Cl2NO2S/c21-14-10-11-18(16(22)12-14)25-13-20(24)23-17-8-4-5-9-19(17)26-15-6-2-1-3-7-15/h1-12H,13H2,(H,23,24). The lowest BCUT2D eigenvalue weighted by molar-refractivity contribution is -0.118. The van der Waals surface area contributed by atoms with Crippen LogP contribution in [0, 0.1) is 0 Å². The summed E-state index contributed by atoms with van der Waals surface area (Å²) in [4.78, 5) is 14.3. The zero-order valence-corrected chi connectivity index (χ0v) is 15.9. The van der Waals surface area contributed by atoms with Gasteiger partial charge in [-0.25, -0.2) is 0 Å². The van der Waals surface area contributed by atoms with Crippen LogP contribution < -0.4 is 10.1 Å². The van der Waals surface area contributed by atoms with Crippen LogP contribution in [0.5, 0.6) is 5.75 Å². The van der Waals surface area contributed by atoms with Crippen molar-refractivity contribution in [3.63, 3.8) is 0 Å². The summed E-state index contributed by atoms with van der Waals surface area (Å²) in [6.07, 6.45) is 0. The van der Waals surface area contributed by atoms with Crippen molar-refractivity contribution < 1.29 is 9.53 Å². The monoisotopic (exact) mass is 403 g/mol. The lowest BCUT2D eigenvalue weighted by Crippen LogP contribution is -2.20. The van der Waals surface area contributed by atoms with Gasteiger partial charge in [-0.2, -0.15) is 0 Å². The van der Waals surface area contributed by atoms with E-state index in [4.69, 9.17) is 27.9 Å². The van der Waals surface area contributed by atoms with Crippen molar-refractivity contribution in [2.45, 2.75) is 9.79 Å². The van der Waals surface area contributed by atoms with Crippen LogP contribution in [0.2, 0.25) is 10.0 Å². The van der Waals surface area contributed by atoms with Gasteiger partial charge in [-0.15, -0.1) is 0 Å². The Balaban J connectivity index is 1.64. The number of hydrogen-bond acceptors (Lipinski definition) is 3. The summed E-state index contributed by atoms with van der Waals surface area (Å²) in [5.41, 5.74) is 0.733. The van der Waals surface area contributed by atoms with Crippen LogP contribution in [0.3, 0.4) is 0 Å². The van der Waals surface area contributed by atoms with Gasteiger partial charge < -0.3 is 10.1 Å². The molecule has 132 valence electrons. The molecule has 0 aliphatic carbocycles. The molecule has 3 rings (SSSR count). The van der Waals surface area contributed by atoms with Crippen LogP contribution in [0.25, 0.3) is 0 Å². The van der Waals surface area contributed by atoms with E-state index in [1.54, 1.807) is 30.0 Å². The average molecular weight is 404 g/mol. The molecule has 0 aliphatic heterocycles. The van der Waals surface area contributed by atoms with Crippen LogP contribution in [0.1, 0.15) is 0 Å². The first kappa shape index (κ1) is 18.6. The lowest BCUT2D eigenvalue weighted by atomic mass is 10.3. The second-order valence-corrected chi connectivity index (χ2v) is 7.28. The third kappa shape index (κ3) is 5.18. The van der Waals surface area contributed by atoms with Crippen molar-refractivity contribution in [2.24, 2.45) is 0 Å². The first-order valence-electron chi connectivity index (χ1n) is 7.81. The summed E-state index contributed by atoms with van der Waals surface area (Å²) >= 11 is 13.5. The normalized spacial score (nSPS) is 10.4. The summed E-state index contributed by atoms with van der Waals surface area (Å²) in [7, 11) is 0. The molecule has 0 heterocycles. The summed E-state index contributed by atoms with van der Waals surface area (Å²) in [5, 5.41) is 3.76. The van der Waals surface area contributed by atoms with Gasteiger partial charge in [0.15, 0.2) is 6.61 Å². The van der Waals surface area contributed by atoms with E-state index in [9.17, 15) is 4.79 Å². The van der Waals surface area contributed by atoms with Gasteiger partial charge in [-0.3, -0.25) is 4.79 Å². The fourth-order valence-electron chi connectivity index (χ4n) is 2.20. The Bertz CT molecular complexity index is 903. The van der Waals surface area contributed by atoms with Crippen molar-refractivity contribution in [3.8, 4) is 5.75 Å². The van der Waals surface area contributed by atoms with Crippen molar-refractivity contribution in [1.82, 2.24) is 0 Å². The van der Waals surface area contributed by atoms with Gasteiger partial charge in [-0.05, 0) is 42.5 Å². The maximum absolute atomic E-state index is 12.3. The van der Waals surface area contributed by atoms with Crippen molar-refractivity contribution >= 4 is 46.6 Å². The number of hydrogen-bond donors (Lipinski definition) is 1. The quantitative estimate of drug-likeness (QED) is 0.535. The third-order valence-electron chi connectivity index (χ3n) is 3.38. The van der Waals surface area contributed by atoms with Crippen LogP contribution in [-0.4, -0.2) is 12.5 Å². The Kier molecular flexibility index (Phi) is 6.45.